The van der Waals surface area contributed by atoms with E-state index < -0.39 is 0 Å². The summed E-state index contributed by atoms with van der Waals surface area (Å²) in [4.78, 5) is 11.9. The van der Waals surface area contributed by atoms with Crippen LogP contribution in [0.25, 0.3) is 5.57 Å². The topological polar surface area (TPSA) is 17.1 Å². The number of carbonyl (C=O) groups is 1. The molecule has 0 aromatic heterocycles. The Labute approximate surface area is 84.5 Å². The Morgan fingerprint density at radius 3 is 2.21 bits per heavy atom. The van der Waals surface area contributed by atoms with E-state index in [2.05, 4.69) is 13.8 Å². The van der Waals surface area contributed by atoms with E-state index in [1.807, 2.05) is 31.2 Å². The fourth-order valence-electron chi connectivity index (χ4n) is 2.19. The molecule has 1 aliphatic rings. The van der Waals surface area contributed by atoms with Crippen LogP contribution in [0.1, 0.15) is 36.7 Å². The standard InChI is InChI=1S/C13H14O/c1-8(2)12-9(3)13(14)11-7-5-4-6-10(11)12/h4-8H,1-3H3. The van der Waals surface area contributed by atoms with Crippen molar-refractivity contribution in [2.45, 2.75) is 20.8 Å². The summed E-state index contributed by atoms with van der Waals surface area (Å²) in [5, 5.41) is 0. The lowest BCUT2D eigenvalue weighted by molar-refractivity contribution is 0.103. The van der Waals surface area contributed by atoms with Gasteiger partial charge in [0.25, 0.3) is 0 Å². The highest BCUT2D eigenvalue weighted by Crippen LogP contribution is 2.36. The van der Waals surface area contributed by atoms with Crippen molar-refractivity contribution in [3.05, 3.63) is 41.0 Å². The van der Waals surface area contributed by atoms with Crippen LogP contribution in [0, 0.1) is 5.92 Å². The Morgan fingerprint density at radius 2 is 1.64 bits per heavy atom. The zero-order valence-electron chi connectivity index (χ0n) is 8.79. The Bertz CT molecular complexity index is 425. The number of hydrogen-bond acceptors (Lipinski definition) is 1. The van der Waals surface area contributed by atoms with Gasteiger partial charge in [0.05, 0.1) is 0 Å². The van der Waals surface area contributed by atoms with E-state index in [1.165, 1.54) is 5.57 Å². The molecular formula is C13H14O. The molecule has 0 heterocycles. The molecule has 0 bridgehead atoms. The fraction of sp³-hybridized carbons (Fsp3) is 0.308. The van der Waals surface area contributed by atoms with Crippen molar-refractivity contribution in [1.29, 1.82) is 0 Å². The molecule has 0 aliphatic heterocycles. The van der Waals surface area contributed by atoms with Gasteiger partial charge in [-0.2, -0.15) is 0 Å². The second-order valence-electron chi connectivity index (χ2n) is 4.07. The van der Waals surface area contributed by atoms with E-state index in [1.54, 1.807) is 0 Å². The number of hydrogen-bond donors (Lipinski definition) is 0. The van der Waals surface area contributed by atoms with Gasteiger partial charge >= 0.3 is 0 Å². The van der Waals surface area contributed by atoms with Crippen molar-refractivity contribution in [2.24, 2.45) is 5.92 Å². The van der Waals surface area contributed by atoms with Crippen molar-refractivity contribution in [3.63, 3.8) is 0 Å². The van der Waals surface area contributed by atoms with Crippen molar-refractivity contribution in [2.75, 3.05) is 0 Å². The van der Waals surface area contributed by atoms with Gasteiger partial charge in [0.1, 0.15) is 0 Å². The van der Waals surface area contributed by atoms with Gasteiger partial charge in [-0.15, -0.1) is 0 Å². The van der Waals surface area contributed by atoms with Crippen LogP contribution < -0.4 is 0 Å². The first kappa shape index (κ1) is 9.20. The quantitative estimate of drug-likeness (QED) is 0.657. The minimum atomic E-state index is 0.198. The minimum absolute atomic E-state index is 0.198. The highest BCUT2D eigenvalue weighted by molar-refractivity contribution is 6.20. The third kappa shape index (κ3) is 1.12. The first-order chi connectivity index (χ1) is 6.63. The summed E-state index contributed by atoms with van der Waals surface area (Å²) < 4.78 is 0. The van der Waals surface area contributed by atoms with E-state index in [0.717, 1.165) is 16.7 Å². The lowest BCUT2D eigenvalue weighted by Gasteiger charge is -2.08. The maximum absolute atomic E-state index is 11.9. The smallest absolute Gasteiger partial charge is 0.189 e. The zero-order chi connectivity index (χ0) is 10.3. The normalized spacial score (nSPS) is 15.3. The molecule has 0 N–H and O–H groups in total. The number of Topliss-reactive ketones (excluding diaryl/α,β-unsaturated/α-hetero) is 1. The molecule has 1 nitrogen and oxygen atoms in total. The number of carbonyl (C=O) groups excluding carboxylic acids is 1. The molecule has 72 valence electrons. The first-order valence-corrected chi connectivity index (χ1v) is 4.97. The van der Waals surface area contributed by atoms with Gasteiger partial charge in [-0.25, -0.2) is 0 Å². The van der Waals surface area contributed by atoms with Gasteiger partial charge < -0.3 is 0 Å². The summed E-state index contributed by atoms with van der Waals surface area (Å²) >= 11 is 0. The molecule has 2 rings (SSSR count). The predicted octanol–water partition coefficient (Wildman–Crippen LogP) is 3.31. The van der Waals surface area contributed by atoms with Gasteiger partial charge in [-0.1, -0.05) is 38.1 Å². The molecular weight excluding hydrogens is 172 g/mol. The number of allylic oxidation sites excluding steroid dienone is 2. The summed E-state index contributed by atoms with van der Waals surface area (Å²) in [6, 6.07) is 7.87. The predicted molar refractivity (Wildman–Crippen MR) is 58.2 cm³/mol. The molecule has 0 radical (unpaired) electrons. The number of ketones is 1. The lowest BCUT2D eigenvalue weighted by Crippen LogP contribution is -1.94. The molecule has 0 atom stereocenters. The molecule has 0 saturated carbocycles. The second-order valence-corrected chi connectivity index (χ2v) is 4.07. The Balaban J connectivity index is 2.67. The zero-order valence-corrected chi connectivity index (χ0v) is 8.79. The molecule has 1 aliphatic carbocycles. The van der Waals surface area contributed by atoms with Gasteiger partial charge in [0, 0.05) is 11.1 Å². The highest BCUT2D eigenvalue weighted by Gasteiger charge is 2.27. The van der Waals surface area contributed by atoms with E-state index >= 15 is 0 Å². The van der Waals surface area contributed by atoms with Gasteiger partial charge in [-0.05, 0) is 24.0 Å². The molecule has 1 aromatic carbocycles. The van der Waals surface area contributed by atoms with Crippen LogP contribution in [0.2, 0.25) is 0 Å². The monoisotopic (exact) mass is 186 g/mol. The molecule has 0 spiro atoms. The van der Waals surface area contributed by atoms with Crippen molar-refractivity contribution in [1.82, 2.24) is 0 Å². The van der Waals surface area contributed by atoms with E-state index in [9.17, 15) is 4.79 Å². The Kier molecular flexibility index (Phi) is 2.03. The molecule has 1 heteroatoms. The van der Waals surface area contributed by atoms with Gasteiger partial charge in [0.2, 0.25) is 0 Å². The van der Waals surface area contributed by atoms with Crippen LogP contribution in [0.4, 0.5) is 0 Å². The molecule has 14 heavy (non-hydrogen) atoms. The lowest BCUT2D eigenvalue weighted by atomic mass is 9.95. The minimum Gasteiger partial charge on any atom is -0.289 e. The van der Waals surface area contributed by atoms with Crippen LogP contribution in [-0.2, 0) is 0 Å². The first-order valence-electron chi connectivity index (χ1n) is 4.97. The van der Waals surface area contributed by atoms with Crippen LogP contribution >= 0.6 is 0 Å². The average molecular weight is 186 g/mol. The third-order valence-electron chi connectivity index (χ3n) is 2.78. The van der Waals surface area contributed by atoms with Crippen LogP contribution in [0.3, 0.4) is 0 Å². The second kappa shape index (κ2) is 3.09. The molecule has 0 amide bonds. The maximum atomic E-state index is 11.9. The summed E-state index contributed by atoms with van der Waals surface area (Å²) in [5.41, 5.74) is 4.13. The fourth-order valence-corrected chi connectivity index (χ4v) is 2.19. The number of rotatable bonds is 1. The SMILES string of the molecule is CC1=C(C(C)C)c2ccccc2C1=O. The molecule has 0 unspecified atom stereocenters. The van der Waals surface area contributed by atoms with Crippen LogP contribution in [-0.4, -0.2) is 5.78 Å². The summed E-state index contributed by atoms with van der Waals surface area (Å²) in [7, 11) is 0. The Morgan fingerprint density at radius 1 is 1.07 bits per heavy atom. The summed E-state index contributed by atoms with van der Waals surface area (Å²) in [6.45, 7) is 6.19. The van der Waals surface area contributed by atoms with E-state index in [4.69, 9.17) is 0 Å². The summed E-state index contributed by atoms with van der Waals surface area (Å²) in [5.74, 6) is 0.618. The van der Waals surface area contributed by atoms with Gasteiger partial charge in [-0.3, -0.25) is 4.79 Å². The highest BCUT2D eigenvalue weighted by atomic mass is 16.1. The largest absolute Gasteiger partial charge is 0.289 e. The van der Waals surface area contributed by atoms with Crippen molar-refractivity contribution >= 4 is 11.4 Å². The van der Waals surface area contributed by atoms with Crippen LogP contribution in [0.5, 0.6) is 0 Å². The van der Waals surface area contributed by atoms with E-state index in [-0.39, 0.29) is 5.78 Å². The number of benzene rings is 1. The summed E-state index contributed by atoms with van der Waals surface area (Å²) in [6.07, 6.45) is 0. The maximum Gasteiger partial charge on any atom is 0.189 e. The van der Waals surface area contributed by atoms with E-state index in [0.29, 0.717) is 5.92 Å². The third-order valence-corrected chi connectivity index (χ3v) is 2.78. The molecule has 0 fully saturated rings. The average Bonchev–Trinajstić information content (AvgIpc) is 2.41. The Hall–Kier alpha value is -1.37. The van der Waals surface area contributed by atoms with Gasteiger partial charge in [0.15, 0.2) is 5.78 Å². The van der Waals surface area contributed by atoms with Crippen molar-refractivity contribution < 1.29 is 4.79 Å². The molecule has 1 aromatic rings. The van der Waals surface area contributed by atoms with Crippen LogP contribution in [0.15, 0.2) is 29.8 Å². The molecule has 0 saturated heterocycles. The number of fused-ring (bicyclic) bond motifs is 1. The van der Waals surface area contributed by atoms with Crippen molar-refractivity contribution in [3.8, 4) is 0 Å².